The maximum Gasteiger partial charge on any atom is 0.424 e. The first-order chi connectivity index (χ1) is 10.7. The first-order valence-electron chi connectivity index (χ1n) is 7.39. The maximum atomic E-state index is 12.6. The van der Waals surface area contributed by atoms with E-state index in [1.807, 2.05) is 0 Å². The van der Waals surface area contributed by atoms with Crippen LogP contribution in [0.4, 0.5) is 4.79 Å². The van der Waals surface area contributed by atoms with Gasteiger partial charge in [0.2, 0.25) is 11.8 Å². The summed E-state index contributed by atoms with van der Waals surface area (Å²) in [5, 5.41) is 0. The highest BCUT2D eigenvalue weighted by Crippen LogP contribution is 2.30. The first-order valence-corrected chi connectivity index (χ1v) is 7.39. The van der Waals surface area contributed by atoms with Crippen LogP contribution >= 0.6 is 0 Å². The van der Waals surface area contributed by atoms with E-state index in [0.717, 1.165) is 5.56 Å². The van der Waals surface area contributed by atoms with Crippen LogP contribution in [0.5, 0.6) is 0 Å². The van der Waals surface area contributed by atoms with Gasteiger partial charge in [-0.15, -0.1) is 6.42 Å². The fraction of sp³-hybridized carbons (Fsp3) is 0.389. The SMILES string of the molecule is C#Cc1ccc(C2CCC(=O)N(C(=O)OC(C)(C)C)C2=O)cc1. The van der Waals surface area contributed by atoms with Gasteiger partial charge in [-0.3, -0.25) is 9.59 Å². The van der Waals surface area contributed by atoms with Gasteiger partial charge in [0, 0.05) is 12.0 Å². The molecule has 0 bridgehead atoms. The van der Waals surface area contributed by atoms with Gasteiger partial charge in [0.1, 0.15) is 5.60 Å². The van der Waals surface area contributed by atoms with E-state index in [4.69, 9.17) is 11.2 Å². The molecule has 1 unspecified atom stereocenters. The van der Waals surface area contributed by atoms with Crippen molar-refractivity contribution >= 4 is 17.9 Å². The molecule has 0 aliphatic carbocycles. The molecule has 3 amide bonds. The Kier molecular flexibility index (Phi) is 4.55. The number of carbonyl (C=O) groups is 3. The number of imide groups is 3. The number of carbonyl (C=O) groups excluding carboxylic acids is 3. The van der Waals surface area contributed by atoms with Crippen molar-refractivity contribution in [1.29, 1.82) is 0 Å². The number of piperidine rings is 1. The minimum Gasteiger partial charge on any atom is -0.443 e. The van der Waals surface area contributed by atoms with Crippen LogP contribution in [-0.2, 0) is 14.3 Å². The number of likely N-dealkylation sites (tertiary alicyclic amines) is 1. The van der Waals surface area contributed by atoms with Crippen LogP contribution in [-0.4, -0.2) is 28.4 Å². The van der Waals surface area contributed by atoms with Crippen molar-refractivity contribution in [2.75, 3.05) is 0 Å². The van der Waals surface area contributed by atoms with Crippen molar-refractivity contribution in [1.82, 2.24) is 4.90 Å². The van der Waals surface area contributed by atoms with Crippen molar-refractivity contribution < 1.29 is 19.1 Å². The number of ether oxygens (including phenoxy) is 1. The van der Waals surface area contributed by atoms with E-state index in [-0.39, 0.29) is 6.42 Å². The van der Waals surface area contributed by atoms with Gasteiger partial charge < -0.3 is 4.74 Å². The Hall–Kier alpha value is -2.61. The smallest absolute Gasteiger partial charge is 0.424 e. The van der Waals surface area contributed by atoms with E-state index in [1.165, 1.54) is 0 Å². The lowest BCUT2D eigenvalue weighted by molar-refractivity contribution is -0.147. The number of terminal acetylenes is 1. The van der Waals surface area contributed by atoms with Crippen molar-refractivity contribution in [2.45, 2.75) is 45.1 Å². The Morgan fingerprint density at radius 1 is 1.26 bits per heavy atom. The molecule has 5 nitrogen and oxygen atoms in total. The van der Waals surface area contributed by atoms with Crippen molar-refractivity contribution in [3.05, 3.63) is 35.4 Å². The molecule has 0 spiro atoms. The monoisotopic (exact) mass is 313 g/mol. The molecule has 1 aliphatic rings. The highest BCUT2D eigenvalue weighted by Gasteiger charge is 2.41. The molecular formula is C18H19NO4. The van der Waals surface area contributed by atoms with Gasteiger partial charge in [-0.25, -0.2) is 4.79 Å². The summed E-state index contributed by atoms with van der Waals surface area (Å²) < 4.78 is 5.16. The highest BCUT2D eigenvalue weighted by atomic mass is 16.6. The molecule has 0 radical (unpaired) electrons. The average Bonchev–Trinajstić information content (AvgIpc) is 2.46. The Balaban J connectivity index is 2.24. The number of amides is 3. The zero-order chi connectivity index (χ0) is 17.2. The largest absolute Gasteiger partial charge is 0.443 e. The second-order valence-electron chi connectivity index (χ2n) is 6.41. The van der Waals surface area contributed by atoms with Crippen LogP contribution in [0.2, 0.25) is 0 Å². The van der Waals surface area contributed by atoms with Crippen LogP contribution in [0, 0.1) is 12.3 Å². The predicted octanol–water partition coefficient (Wildman–Crippen LogP) is 2.84. The third kappa shape index (κ3) is 3.78. The Morgan fingerprint density at radius 2 is 1.87 bits per heavy atom. The van der Waals surface area contributed by atoms with Crippen LogP contribution in [0.25, 0.3) is 0 Å². The number of hydrogen-bond acceptors (Lipinski definition) is 4. The lowest BCUT2D eigenvalue weighted by Gasteiger charge is -2.31. The summed E-state index contributed by atoms with van der Waals surface area (Å²) in [6.45, 7) is 5.04. The van der Waals surface area contributed by atoms with Gasteiger partial charge in [0.05, 0.1) is 5.92 Å². The van der Waals surface area contributed by atoms with Crippen LogP contribution < -0.4 is 0 Å². The van der Waals surface area contributed by atoms with E-state index >= 15 is 0 Å². The molecule has 5 heteroatoms. The topological polar surface area (TPSA) is 63.7 Å². The number of rotatable bonds is 1. The number of hydrogen-bond donors (Lipinski definition) is 0. The van der Waals surface area contributed by atoms with Gasteiger partial charge in [0.15, 0.2) is 0 Å². The maximum absolute atomic E-state index is 12.6. The minimum absolute atomic E-state index is 0.118. The fourth-order valence-electron chi connectivity index (χ4n) is 2.40. The molecule has 2 rings (SSSR count). The van der Waals surface area contributed by atoms with Crippen molar-refractivity contribution in [2.24, 2.45) is 0 Å². The Morgan fingerprint density at radius 3 is 2.39 bits per heavy atom. The lowest BCUT2D eigenvalue weighted by Crippen LogP contribution is -2.49. The fourth-order valence-corrected chi connectivity index (χ4v) is 2.40. The molecule has 1 atom stereocenters. The number of nitrogens with zero attached hydrogens (tertiary/aromatic N) is 1. The van der Waals surface area contributed by atoms with Crippen molar-refractivity contribution in [3.63, 3.8) is 0 Å². The molecular weight excluding hydrogens is 294 g/mol. The third-order valence-corrected chi connectivity index (χ3v) is 3.47. The van der Waals surface area contributed by atoms with Crippen LogP contribution in [0.1, 0.15) is 50.7 Å². The summed E-state index contributed by atoms with van der Waals surface area (Å²) in [7, 11) is 0. The van der Waals surface area contributed by atoms with E-state index in [9.17, 15) is 14.4 Å². The molecule has 1 aliphatic heterocycles. The summed E-state index contributed by atoms with van der Waals surface area (Å²) in [4.78, 5) is 37.3. The zero-order valence-corrected chi connectivity index (χ0v) is 13.5. The van der Waals surface area contributed by atoms with Gasteiger partial charge >= 0.3 is 6.09 Å². The van der Waals surface area contributed by atoms with Crippen molar-refractivity contribution in [3.8, 4) is 12.3 Å². The molecule has 1 aromatic carbocycles. The summed E-state index contributed by atoms with van der Waals surface area (Å²) in [6, 6.07) is 6.97. The molecule has 0 saturated carbocycles. The average molecular weight is 313 g/mol. The normalized spacial score (nSPS) is 18.5. The highest BCUT2D eigenvalue weighted by molar-refractivity contribution is 6.12. The Bertz CT molecular complexity index is 676. The van der Waals surface area contributed by atoms with Gasteiger partial charge in [-0.05, 0) is 44.9 Å². The minimum atomic E-state index is -0.919. The zero-order valence-electron chi connectivity index (χ0n) is 13.5. The standard InChI is InChI=1S/C18H19NO4/c1-5-12-6-8-13(9-7-12)14-10-11-15(20)19(16(14)21)17(22)23-18(2,3)4/h1,6-9,14H,10-11H2,2-4H3. The predicted molar refractivity (Wildman–Crippen MR) is 84.4 cm³/mol. The van der Waals surface area contributed by atoms with E-state index < -0.39 is 29.4 Å². The van der Waals surface area contributed by atoms with Gasteiger partial charge in [0.25, 0.3) is 0 Å². The summed E-state index contributed by atoms with van der Waals surface area (Å²) in [5.41, 5.74) is 0.658. The quantitative estimate of drug-likeness (QED) is 0.591. The molecule has 1 saturated heterocycles. The summed E-state index contributed by atoms with van der Waals surface area (Å²) in [6.07, 6.45) is 4.88. The summed E-state index contributed by atoms with van der Waals surface area (Å²) in [5.74, 6) is 0.877. The molecule has 0 N–H and O–H groups in total. The second kappa shape index (κ2) is 6.25. The molecule has 0 aromatic heterocycles. The first kappa shape index (κ1) is 16.8. The molecule has 1 fully saturated rings. The second-order valence-corrected chi connectivity index (χ2v) is 6.41. The lowest BCUT2D eigenvalue weighted by atomic mass is 9.89. The van der Waals surface area contributed by atoms with Crippen LogP contribution in [0.15, 0.2) is 24.3 Å². The molecule has 1 aromatic rings. The molecule has 120 valence electrons. The molecule has 23 heavy (non-hydrogen) atoms. The van der Waals surface area contributed by atoms with Gasteiger partial charge in [-0.1, -0.05) is 18.1 Å². The van der Waals surface area contributed by atoms with E-state index in [0.29, 0.717) is 16.9 Å². The third-order valence-electron chi connectivity index (χ3n) is 3.47. The Labute approximate surface area is 135 Å². The van der Waals surface area contributed by atoms with Crippen LogP contribution in [0.3, 0.4) is 0 Å². The van der Waals surface area contributed by atoms with E-state index in [1.54, 1.807) is 45.0 Å². The summed E-state index contributed by atoms with van der Waals surface area (Å²) >= 11 is 0. The molecule has 1 heterocycles. The van der Waals surface area contributed by atoms with E-state index in [2.05, 4.69) is 5.92 Å². The van der Waals surface area contributed by atoms with Gasteiger partial charge in [-0.2, -0.15) is 4.90 Å². The number of benzene rings is 1.